The summed E-state index contributed by atoms with van der Waals surface area (Å²) < 4.78 is 2.13. The van der Waals surface area contributed by atoms with Gasteiger partial charge in [0.2, 0.25) is 0 Å². The van der Waals surface area contributed by atoms with Crippen LogP contribution >= 0.6 is 0 Å². The van der Waals surface area contributed by atoms with Crippen LogP contribution in [0.15, 0.2) is 24.4 Å². The Morgan fingerprint density at radius 3 is 2.47 bits per heavy atom. The highest BCUT2D eigenvalue weighted by molar-refractivity contribution is 5.64. The van der Waals surface area contributed by atoms with Crippen LogP contribution in [0.2, 0.25) is 0 Å². The van der Waals surface area contributed by atoms with Crippen molar-refractivity contribution < 1.29 is 0 Å². The quantitative estimate of drug-likeness (QED) is 0.692. The van der Waals surface area contributed by atoms with Crippen LogP contribution in [0, 0.1) is 20.8 Å². The fraction of sp³-hybridized carbons (Fsp3) is 0.308. The molecule has 0 aliphatic heterocycles. The zero-order valence-corrected chi connectivity index (χ0v) is 9.70. The summed E-state index contributed by atoms with van der Waals surface area (Å²) in [4.78, 5) is 4.33. The third kappa shape index (κ3) is 1.67. The average molecular weight is 200 g/mol. The number of benzene rings is 1. The van der Waals surface area contributed by atoms with Crippen molar-refractivity contribution in [3.63, 3.8) is 0 Å². The van der Waals surface area contributed by atoms with E-state index < -0.39 is 0 Å². The molecule has 0 fully saturated rings. The summed E-state index contributed by atoms with van der Waals surface area (Å²) in [6, 6.07) is 6.51. The summed E-state index contributed by atoms with van der Waals surface area (Å²) in [7, 11) is 2.06. The molecule has 2 rings (SSSR count). The fourth-order valence-electron chi connectivity index (χ4n) is 1.76. The summed E-state index contributed by atoms with van der Waals surface area (Å²) >= 11 is 0. The van der Waals surface area contributed by atoms with Crippen molar-refractivity contribution in [1.82, 2.24) is 9.55 Å². The Bertz CT molecular complexity index is 495. The molecular weight excluding hydrogens is 184 g/mol. The van der Waals surface area contributed by atoms with Crippen molar-refractivity contribution in [3.05, 3.63) is 41.3 Å². The van der Waals surface area contributed by atoms with Gasteiger partial charge >= 0.3 is 0 Å². The van der Waals surface area contributed by atoms with Gasteiger partial charge < -0.3 is 4.57 Å². The Kier molecular flexibility index (Phi) is 2.35. The van der Waals surface area contributed by atoms with Crippen LogP contribution in [-0.2, 0) is 7.05 Å². The van der Waals surface area contributed by atoms with E-state index >= 15 is 0 Å². The van der Waals surface area contributed by atoms with Crippen molar-refractivity contribution in [1.29, 1.82) is 0 Å². The molecular formula is C13H16N2. The largest absolute Gasteiger partial charge is 0.331 e. The second kappa shape index (κ2) is 3.54. The number of rotatable bonds is 1. The minimum atomic E-state index is 1.05. The number of aryl methyl sites for hydroxylation is 3. The molecule has 2 aromatic rings. The molecule has 0 saturated carbocycles. The van der Waals surface area contributed by atoms with E-state index in [0.29, 0.717) is 0 Å². The number of aromatic nitrogens is 2. The highest BCUT2D eigenvalue weighted by Gasteiger charge is 2.07. The number of hydrogen-bond donors (Lipinski definition) is 0. The highest BCUT2D eigenvalue weighted by atomic mass is 15.0. The standard InChI is InChI=1S/C13H16N2/c1-9-5-6-10(2)12(7-9)13-8-14-11(3)15(13)4/h5-8H,1-4H3. The third-order valence-corrected chi connectivity index (χ3v) is 2.89. The lowest BCUT2D eigenvalue weighted by atomic mass is 10.0. The van der Waals surface area contributed by atoms with Gasteiger partial charge in [-0.05, 0) is 32.4 Å². The van der Waals surface area contributed by atoms with Crippen LogP contribution in [0.1, 0.15) is 17.0 Å². The lowest BCUT2D eigenvalue weighted by Gasteiger charge is -2.08. The van der Waals surface area contributed by atoms with Gasteiger partial charge in [0, 0.05) is 12.6 Å². The maximum absolute atomic E-state index is 4.33. The molecule has 0 atom stereocenters. The molecule has 78 valence electrons. The van der Waals surface area contributed by atoms with Gasteiger partial charge in [-0.2, -0.15) is 0 Å². The average Bonchev–Trinajstić information content (AvgIpc) is 2.52. The topological polar surface area (TPSA) is 17.8 Å². The van der Waals surface area contributed by atoms with E-state index in [4.69, 9.17) is 0 Å². The predicted molar refractivity (Wildman–Crippen MR) is 62.9 cm³/mol. The molecule has 2 nitrogen and oxygen atoms in total. The van der Waals surface area contributed by atoms with E-state index in [0.717, 1.165) is 5.82 Å². The zero-order valence-electron chi connectivity index (χ0n) is 9.70. The summed E-state index contributed by atoms with van der Waals surface area (Å²) in [6.07, 6.45) is 1.94. The summed E-state index contributed by atoms with van der Waals surface area (Å²) in [5.74, 6) is 1.05. The van der Waals surface area contributed by atoms with Gasteiger partial charge in [-0.1, -0.05) is 17.7 Å². The second-order valence-electron chi connectivity index (χ2n) is 4.07. The molecule has 0 aliphatic carbocycles. The summed E-state index contributed by atoms with van der Waals surface area (Å²) in [5, 5.41) is 0. The summed E-state index contributed by atoms with van der Waals surface area (Å²) in [5.41, 5.74) is 5.05. The van der Waals surface area contributed by atoms with Gasteiger partial charge in [-0.3, -0.25) is 0 Å². The first-order chi connectivity index (χ1) is 7.09. The smallest absolute Gasteiger partial charge is 0.105 e. The first-order valence-corrected chi connectivity index (χ1v) is 5.15. The molecule has 1 heterocycles. The van der Waals surface area contributed by atoms with Crippen molar-refractivity contribution in [2.24, 2.45) is 7.05 Å². The molecule has 0 spiro atoms. The Morgan fingerprint density at radius 1 is 1.13 bits per heavy atom. The maximum atomic E-state index is 4.33. The van der Waals surface area contributed by atoms with E-state index in [2.05, 4.69) is 48.6 Å². The van der Waals surface area contributed by atoms with E-state index in [1.54, 1.807) is 0 Å². The van der Waals surface area contributed by atoms with Gasteiger partial charge in [-0.25, -0.2) is 4.98 Å². The van der Waals surface area contributed by atoms with Gasteiger partial charge in [0.1, 0.15) is 5.82 Å². The van der Waals surface area contributed by atoms with Crippen molar-refractivity contribution in [2.45, 2.75) is 20.8 Å². The SMILES string of the molecule is Cc1ccc(C)c(-c2cnc(C)n2C)c1. The van der Waals surface area contributed by atoms with E-state index in [1.165, 1.54) is 22.4 Å². The van der Waals surface area contributed by atoms with E-state index in [1.807, 2.05) is 13.1 Å². The zero-order chi connectivity index (χ0) is 11.0. The molecule has 0 radical (unpaired) electrons. The molecule has 1 aromatic carbocycles. The van der Waals surface area contributed by atoms with Crippen molar-refractivity contribution in [2.75, 3.05) is 0 Å². The maximum Gasteiger partial charge on any atom is 0.105 e. The second-order valence-corrected chi connectivity index (χ2v) is 4.07. The van der Waals surface area contributed by atoms with Crippen LogP contribution in [-0.4, -0.2) is 9.55 Å². The van der Waals surface area contributed by atoms with Gasteiger partial charge in [-0.15, -0.1) is 0 Å². The van der Waals surface area contributed by atoms with Crippen molar-refractivity contribution in [3.8, 4) is 11.3 Å². The lowest BCUT2D eigenvalue weighted by molar-refractivity contribution is 0.864. The van der Waals surface area contributed by atoms with E-state index in [9.17, 15) is 0 Å². The number of imidazole rings is 1. The molecule has 1 aromatic heterocycles. The fourth-order valence-corrected chi connectivity index (χ4v) is 1.76. The van der Waals surface area contributed by atoms with Gasteiger partial charge in [0.25, 0.3) is 0 Å². The Morgan fingerprint density at radius 2 is 1.87 bits per heavy atom. The molecule has 0 saturated heterocycles. The number of hydrogen-bond acceptors (Lipinski definition) is 1. The van der Waals surface area contributed by atoms with Crippen LogP contribution in [0.3, 0.4) is 0 Å². The molecule has 0 bridgehead atoms. The van der Waals surface area contributed by atoms with Crippen LogP contribution in [0.5, 0.6) is 0 Å². The molecule has 0 unspecified atom stereocenters. The molecule has 2 heteroatoms. The van der Waals surface area contributed by atoms with Gasteiger partial charge in [0.15, 0.2) is 0 Å². The molecule has 0 aliphatic rings. The molecule has 0 N–H and O–H groups in total. The lowest BCUT2D eigenvalue weighted by Crippen LogP contribution is -1.95. The van der Waals surface area contributed by atoms with E-state index in [-0.39, 0.29) is 0 Å². The first kappa shape index (κ1) is 9.97. The highest BCUT2D eigenvalue weighted by Crippen LogP contribution is 2.24. The minimum Gasteiger partial charge on any atom is -0.331 e. The first-order valence-electron chi connectivity index (χ1n) is 5.15. The molecule has 0 amide bonds. The minimum absolute atomic E-state index is 1.05. The Balaban J connectivity index is 2.63. The Labute approximate surface area is 90.6 Å². The summed E-state index contributed by atoms with van der Waals surface area (Å²) in [6.45, 7) is 6.28. The van der Waals surface area contributed by atoms with Crippen LogP contribution in [0.25, 0.3) is 11.3 Å². The van der Waals surface area contributed by atoms with Crippen LogP contribution in [0.4, 0.5) is 0 Å². The Hall–Kier alpha value is -1.57. The van der Waals surface area contributed by atoms with Gasteiger partial charge in [0.05, 0.1) is 11.9 Å². The number of nitrogens with zero attached hydrogens (tertiary/aromatic N) is 2. The predicted octanol–water partition coefficient (Wildman–Crippen LogP) is 3.01. The third-order valence-electron chi connectivity index (χ3n) is 2.89. The molecule has 15 heavy (non-hydrogen) atoms. The normalized spacial score (nSPS) is 10.7. The monoisotopic (exact) mass is 200 g/mol. The van der Waals surface area contributed by atoms with Crippen molar-refractivity contribution >= 4 is 0 Å². The van der Waals surface area contributed by atoms with Crippen LogP contribution < -0.4 is 0 Å².